The van der Waals surface area contributed by atoms with Gasteiger partial charge in [0.25, 0.3) is 5.91 Å². The highest BCUT2D eigenvalue weighted by molar-refractivity contribution is 6.30. The van der Waals surface area contributed by atoms with Crippen LogP contribution in [0.1, 0.15) is 46.4 Å². The minimum Gasteiger partial charge on any atom is -0.502 e. The van der Waals surface area contributed by atoms with Gasteiger partial charge in [0.2, 0.25) is 5.43 Å². The second kappa shape index (κ2) is 7.50. The van der Waals surface area contributed by atoms with Crippen molar-refractivity contribution in [1.82, 2.24) is 14.7 Å². The summed E-state index contributed by atoms with van der Waals surface area (Å²) >= 11 is 6.29. The molecule has 2 aliphatic rings. The molecule has 1 fully saturated rings. The summed E-state index contributed by atoms with van der Waals surface area (Å²) in [5.41, 5.74) is 0.888. The summed E-state index contributed by atoms with van der Waals surface area (Å²) in [6, 6.07) is 13.0. The highest BCUT2D eigenvalue weighted by Crippen LogP contribution is 2.46. The molecule has 0 aliphatic carbocycles. The van der Waals surface area contributed by atoms with Crippen molar-refractivity contribution in [2.24, 2.45) is 0 Å². The summed E-state index contributed by atoms with van der Waals surface area (Å²) in [4.78, 5) is 26.9. The van der Waals surface area contributed by atoms with E-state index in [9.17, 15) is 19.1 Å². The Morgan fingerprint density at radius 1 is 1.13 bits per heavy atom. The molecule has 3 aromatic rings. The molecule has 31 heavy (non-hydrogen) atoms. The number of hydrogen-bond donors (Lipinski definition) is 1. The highest BCUT2D eigenvalue weighted by atomic mass is 35.5. The quantitative estimate of drug-likeness (QED) is 0.674. The van der Waals surface area contributed by atoms with Gasteiger partial charge >= 0.3 is 0 Å². The topological polar surface area (TPSA) is 75.4 Å². The maximum Gasteiger partial charge on any atom is 0.276 e. The molecule has 0 spiro atoms. The lowest BCUT2D eigenvalue weighted by molar-refractivity contribution is 0.0565. The van der Waals surface area contributed by atoms with Crippen molar-refractivity contribution < 1.29 is 14.3 Å². The second-order valence-corrected chi connectivity index (χ2v) is 8.37. The monoisotopic (exact) mass is 439 g/mol. The van der Waals surface area contributed by atoms with Crippen molar-refractivity contribution in [3.05, 3.63) is 92.6 Å². The Labute approximate surface area is 182 Å². The standard InChI is InChI=1S/C23H19ClFN3O3/c24-15-4-1-3-14(11-15)19(13-6-8-16(25)9-7-13)20-17-5-2-10-27(17)23(31)21-22(30)18(29)12-26-28(20)21/h1,3-4,6-9,11-12,17,19-20,30H,2,5,10H2/t17-,19-,20-/m1/s1. The molecule has 3 heterocycles. The van der Waals surface area contributed by atoms with Crippen molar-refractivity contribution in [2.45, 2.75) is 30.8 Å². The highest BCUT2D eigenvalue weighted by Gasteiger charge is 2.48. The lowest BCUT2D eigenvalue weighted by Gasteiger charge is -2.42. The maximum absolute atomic E-state index is 13.7. The van der Waals surface area contributed by atoms with Gasteiger partial charge in [-0.3, -0.25) is 14.3 Å². The zero-order valence-electron chi connectivity index (χ0n) is 16.4. The SMILES string of the molecule is O=C1c2c(O)c(=O)cnn2[C@@H]([C@H](c2ccc(F)cc2)c2cccc(Cl)c2)[C@H]2CCCN12. The first-order valence-corrected chi connectivity index (χ1v) is 10.5. The van der Waals surface area contributed by atoms with Crippen molar-refractivity contribution in [2.75, 3.05) is 6.54 Å². The molecule has 0 radical (unpaired) electrons. The summed E-state index contributed by atoms with van der Waals surface area (Å²) in [5, 5.41) is 15.3. The molecule has 6 nitrogen and oxygen atoms in total. The fourth-order valence-electron chi connectivity index (χ4n) is 4.90. The van der Waals surface area contributed by atoms with Crippen molar-refractivity contribution in [1.29, 1.82) is 0 Å². The third kappa shape index (κ3) is 3.20. The molecule has 5 rings (SSSR count). The number of fused-ring (bicyclic) bond motifs is 2. The Hall–Kier alpha value is -3.19. The van der Waals surface area contributed by atoms with E-state index in [0.717, 1.165) is 30.2 Å². The number of benzene rings is 2. The van der Waals surface area contributed by atoms with Gasteiger partial charge in [-0.05, 0) is 48.2 Å². The van der Waals surface area contributed by atoms with E-state index in [0.29, 0.717) is 11.6 Å². The number of carbonyl (C=O) groups excluding carboxylic acids is 1. The zero-order valence-corrected chi connectivity index (χ0v) is 17.2. The number of aromatic hydroxyl groups is 1. The molecular weight excluding hydrogens is 421 g/mol. The van der Waals surface area contributed by atoms with E-state index in [1.165, 1.54) is 16.8 Å². The molecule has 2 aromatic carbocycles. The summed E-state index contributed by atoms with van der Waals surface area (Å²) < 4.78 is 15.2. The van der Waals surface area contributed by atoms with E-state index in [1.54, 1.807) is 23.1 Å². The minimum atomic E-state index is -0.697. The largest absolute Gasteiger partial charge is 0.502 e. The van der Waals surface area contributed by atoms with Gasteiger partial charge in [0.15, 0.2) is 11.4 Å². The molecule has 3 atom stereocenters. The Bertz CT molecular complexity index is 1230. The van der Waals surface area contributed by atoms with Crippen molar-refractivity contribution >= 4 is 17.5 Å². The predicted octanol–water partition coefficient (Wildman–Crippen LogP) is 3.73. The van der Waals surface area contributed by atoms with Crippen LogP contribution in [0.3, 0.4) is 0 Å². The maximum atomic E-state index is 13.7. The molecule has 0 bridgehead atoms. The van der Waals surface area contributed by atoms with Crippen molar-refractivity contribution in [3.63, 3.8) is 0 Å². The second-order valence-electron chi connectivity index (χ2n) is 7.93. The van der Waals surface area contributed by atoms with Gasteiger partial charge in [-0.15, -0.1) is 0 Å². The lowest BCUT2D eigenvalue weighted by Crippen LogP contribution is -2.50. The van der Waals surface area contributed by atoms with E-state index in [2.05, 4.69) is 5.10 Å². The summed E-state index contributed by atoms with van der Waals surface area (Å²) in [7, 11) is 0. The predicted molar refractivity (Wildman–Crippen MR) is 113 cm³/mol. The Morgan fingerprint density at radius 2 is 1.90 bits per heavy atom. The molecule has 1 N–H and O–H groups in total. The number of nitrogens with zero attached hydrogens (tertiary/aromatic N) is 3. The first-order valence-electron chi connectivity index (χ1n) is 10.1. The Morgan fingerprint density at radius 3 is 2.65 bits per heavy atom. The number of rotatable bonds is 3. The van der Waals surface area contributed by atoms with Crippen LogP contribution in [-0.4, -0.2) is 38.3 Å². The molecular formula is C23H19ClFN3O3. The van der Waals surface area contributed by atoms with Crippen LogP contribution in [0.25, 0.3) is 0 Å². The minimum absolute atomic E-state index is 0.107. The summed E-state index contributed by atoms with van der Waals surface area (Å²) in [6.07, 6.45) is 2.59. The lowest BCUT2D eigenvalue weighted by atomic mass is 9.80. The molecule has 0 unspecified atom stereocenters. The van der Waals surface area contributed by atoms with E-state index < -0.39 is 23.1 Å². The van der Waals surface area contributed by atoms with Gasteiger partial charge in [-0.1, -0.05) is 35.9 Å². The molecule has 0 saturated carbocycles. The molecule has 1 saturated heterocycles. The normalized spacial score (nSPS) is 21.0. The van der Waals surface area contributed by atoms with Crippen LogP contribution in [0.4, 0.5) is 4.39 Å². The smallest absolute Gasteiger partial charge is 0.276 e. The zero-order chi connectivity index (χ0) is 21.7. The van der Waals surface area contributed by atoms with Gasteiger partial charge < -0.3 is 10.0 Å². The van der Waals surface area contributed by atoms with Crippen LogP contribution in [0.2, 0.25) is 5.02 Å². The average molecular weight is 440 g/mol. The van der Waals surface area contributed by atoms with E-state index >= 15 is 0 Å². The fourth-order valence-corrected chi connectivity index (χ4v) is 5.10. The molecule has 2 aliphatic heterocycles. The van der Waals surface area contributed by atoms with Crippen LogP contribution in [0.15, 0.2) is 59.5 Å². The van der Waals surface area contributed by atoms with Crippen molar-refractivity contribution in [3.8, 4) is 5.75 Å². The van der Waals surface area contributed by atoms with Crippen LogP contribution in [0.5, 0.6) is 5.75 Å². The van der Waals surface area contributed by atoms with Gasteiger partial charge in [-0.25, -0.2) is 4.39 Å². The molecule has 8 heteroatoms. The van der Waals surface area contributed by atoms with Crippen LogP contribution in [0, 0.1) is 5.82 Å². The average Bonchev–Trinajstić information content (AvgIpc) is 3.24. The van der Waals surface area contributed by atoms with Gasteiger partial charge in [0.1, 0.15) is 5.82 Å². The number of carbonyl (C=O) groups is 1. The molecule has 158 valence electrons. The van der Waals surface area contributed by atoms with E-state index in [1.807, 2.05) is 18.2 Å². The third-order valence-corrected chi connectivity index (χ3v) is 6.44. The van der Waals surface area contributed by atoms with Crippen LogP contribution >= 0.6 is 11.6 Å². The van der Waals surface area contributed by atoms with Crippen LogP contribution in [-0.2, 0) is 0 Å². The number of aromatic nitrogens is 2. The van der Waals surface area contributed by atoms with Gasteiger partial charge in [0.05, 0.1) is 18.3 Å². The summed E-state index contributed by atoms with van der Waals surface area (Å²) in [5.74, 6) is -1.69. The van der Waals surface area contributed by atoms with E-state index in [-0.39, 0.29) is 23.5 Å². The van der Waals surface area contributed by atoms with Crippen LogP contribution < -0.4 is 5.43 Å². The Balaban J connectivity index is 1.78. The van der Waals surface area contributed by atoms with E-state index in [4.69, 9.17) is 11.6 Å². The summed E-state index contributed by atoms with van der Waals surface area (Å²) in [6.45, 7) is 0.536. The number of amides is 1. The number of halogens is 2. The Kier molecular flexibility index (Phi) is 4.78. The first-order chi connectivity index (χ1) is 15.0. The molecule has 1 aromatic heterocycles. The molecule has 1 amide bonds. The fraction of sp³-hybridized carbons (Fsp3) is 0.261. The third-order valence-electron chi connectivity index (χ3n) is 6.20. The van der Waals surface area contributed by atoms with Gasteiger partial charge in [-0.2, -0.15) is 5.10 Å². The first kappa shape index (κ1) is 19.8. The number of hydrogen-bond acceptors (Lipinski definition) is 4. The van der Waals surface area contributed by atoms with Gasteiger partial charge in [0, 0.05) is 17.5 Å².